The predicted octanol–water partition coefficient (Wildman–Crippen LogP) is -0.606. The molecule has 0 bridgehead atoms. The molecule has 0 saturated heterocycles. The van der Waals surface area contributed by atoms with Crippen LogP contribution in [0, 0.1) is 0 Å². The summed E-state index contributed by atoms with van der Waals surface area (Å²) in [5.41, 5.74) is 10.9. The fourth-order valence-corrected chi connectivity index (χ4v) is 2.08. The summed E-state index contributed by atoms with van der Waals surface area (Å²) in [5, 5.41) is 6.94. The second-order valence-corrected chi connectivity index (χ2v) is 4.03. The van der Waals surface area contributed by atoms with E-state index in [1.165, 1.54) is 25.7 Å². The standard InChI is InChI=1S/C10H24N4/c11-5-7-13-9-1-2-10(4-3-9)14-8-6-12/h9-10,13-14H,1-8,11-12H2. The summed E-state index contributed by atoms with van der Waals surface area (Å²) in [4.78, 5) is 0. The highest BCUT2D eigenvalue weighted by Gasteiger charge is 2.19. The third-order valence-corrected chi connectivity index (χ3v) is 2.88. The lowest BCUT2D eigenvalue weighted by Crippen LogP contribution is -2.42. The van der Waals surface area contributed by atoms with Crippen molar-refractivity contribution < 1.29 is 0 Å². The van der Waals surface area contributed by atoms with E-state index in [4.69, 9.17) is 11.5 Å². The van der Waals surface area contributed by atoms with Gasteiger partial charge in [0.2, 0.25) is 0 Å². The average Bonchev–Trinajstić information content (AvgIpc) is 2.25. The Morgan fingerprint density at radius 2 is 1.14 bits per heavy atom. The van der Waals surface area contributed by atoms with Crippen molar-refractivity contribution >= 4 is 0 Å². The van der Waals surface area contributed by atoms with Gasteiger partial charge in [-0.05, 0) is 25.7 Å². The maximum atomic E-state index is 5.45. The van der Waals surface area contributed by atoms with Crippen LogP contribution in [-0.4, -0.2) is 38.3 Å². The van der Waals surface area contributed by atoms with Crippen LogP contribution in [0.15, 0.2) is 0 Å². The number of nitrogens with two attached hydrogens (primary N) is 2. The lowest BCUT2D eigenvalue weighted by molar-refractivity contribution is 0.311. The van der Waals surface area contributed by atoms with Gasteiger partial charge in [0.05, 0.1) is 0 Å². The molecule has 1 rings (SSSR count). The number of nitrogens with one attached hydrogen (secondary N) is 2. The molecule has 1 fully saturated rings. The Kier molecular flexibility index (Phi) is 6.10. The van der Waals surface area contributed by atoms with Crippen LogP contribution in [0.5, 0.6) is 0 Å². The quantitative estimate of drug-likeness (QED) is 0.461. The van der Waals surface area contributed by atoms with E-state index in [-0.39, 0.29) is 0 Å². The summed E-state index contributed by atoms with van der Waals surface area (Å²) < 4.78 is 0. The van der Waals surface area contributed by atoms with Crippen molar-refractivity contribution in [3.05, 3.63) is 0 Å². The Morgan fingerprint density at radius 1 is 0.786 bits per heavy atom. The molecule has 6 N–H and O–H groups in total. The van der Waals surface area contributed by atoms with E-state index in [1.54, 1.807) is 0 Å². The van der Waals surface area contributed by atoms with Gasteiger partial charge < -0.3 is 22.1 Å². The monoisotopic (exact) mass is 200 g/mol. The highest BCUT2D eigenvalue weighted by molar-refractivity contribution is 4.80. The normalized spacial score (nSPS) is 27.9. The molecule has 0 heterocycles. The summed E-state index contributed by atoms with van der Waals surface area (Å²) in [5.74, 6) is 0. The Labute approximate surface area is 86.8 Å². The van der Waals surface area contributed by atoms with Crippen LogP contribution in [0.4, 0.5) is 0 Å². The average molecular weight is 200 g/mol. The highest BCUT2D eigenvalue weighted by Crippen LogP contribution is 2.18. The summed E-state index contributed by atoms with van der Waals surface area (Å²) in [6.07, 6.45) is 5.06. The first-order valence-corrected chi connectivity index (χ1v) is 5.73. The SMILES string of the molecule is NCCNC1CCC(NCCN)CC1. The Hall–Kier alpha value is -0.160. The zero-order valence-corrected chi connectivity index (χ0v) is 8.97. The Balaban J connectivity index is 2.05. The van der Waals surface area contributed by atoms with Gasteiger partial charge in [-0.1, -0.05) is 0 Å². The molecule has 0 atom stereocenters. The van der Waals surface area contributed by atoms with Crippen LogP contribution in [0.1, 0.15) is 25.7 Å². The van der Waals surface area contributed by atoms with Gasteiger partial charge in [0.25, 0.3) is 0 Å². The van der Waals surface area contributed by atoms with E-state index in [1.807, 2.05) is 0 Å². The zero-order chi connectivity index (χ0) is 10.2. The van der Waals surface area contributed by atoms with E-state index in [2.05, 4.69) is 10.6 Å². The van der Waals surface area contributed by atoms with E-state index >= 15 is 0 Å². The second-order valence-electron chi connectivity index (χ2n) is 4.03. The van der Waals surface area contributed by atoms with E-state index in [9.17, 15) is 0 Å². The molecular formula is C10H24N4. The molecule has 4 heteroatoms. The number of rotatable bonds is 6. The van der Waals surface area contributed by atoms with Crippen molar-refractivity contribution in [1.29, 1.82) is 0 Å². The van der Waals surface area contributed by atoms with Crippen LogP contribution in [0.3, 0.4) is 0 Å². The highest BCUT2D eigenvalue weighted by atomic mass is 15.0. The van der Waals surface area contributed by atoms with Crippen molar-refractivity contribution in [3.8, 4) is 0 Å². The third kappa shape index (κ3) is 4.37. The van der Waals surface area contributed by atoms with E-state index < -0.39 is 0 Å². The van der Waals surface area contributed by atoms with Gasteiger partial charge in [0, 0.05) is 38.3 Å². The molecular weight excluding hydrogens is 176 g/mol. The topological polar surface area (TPSA) is 76.1 Å². The van der Waals surface area contributed by atoms with Gasteiger partial charge in [-0.3, -0.25) is 0 Å². The Morgan fingerprint density at radius 3 is 1.43 bits per heavy atom. The summed E-state index contributed by atoms with van der Waals surface area (Å²) in [6, 6.07) is 1.38. The molecule has 0 unspecified atom stereocenters. The molecule has 0 aromatic carbocycles. The summed E-state index contributed by atoms with van der Waals surface area (Å²) in [7, 11) is 0. The maximum absolute atomic E-state index is 5.45. The minimum atomic E-state index is 0.689. The number of hydrogen-bond donors (Lipinski definition) is 4. The van der Waals surface area contributed by atoms with Crippen molar-refractivity contribution in [3.63, 3.8) is 0 Å². The first-order chi connectivity index (χ1) is 6.86. The van der Waals surface area contributed by atoms with E-state index in [0.717, 1.165) is 26.2 Å². The van der Waals surface area contributed by atoms with Crippen LogP contribution in [0.25, 0.3) is 0 Å². The van der Waals surface area contributed by atoms with Gasteiger partial charge in [-0.15, -0.1) is 0 Å². The fraction of sp³-hybridized carbons (Fsp3) is 1.00. The zero-order valence-electron chi connectivity index (χ0n) is 8.97. The van der Waals surface area contributed by atoms with Crippen LogP contribution in [0.2, 0.25) is 0 Å². The molecule has 4 nitrogen and oxygen atoms in total. The van der Waals surface area contributed by atoms with Gasteiger partial charge in [0.1, 0.15) is 0 Å². The van der Waals surface area contributed by atoms with Crippen molar-refractivity contribution in [1.82, 2.24) is 10.6 Å². The predicted molar refractivity (Wildman–Crippen MR) is 60.2 cm³/mol. The van der Waals surface area contributed by atoms with Gasteiger partial charge in [-0.25, -0.2) is 0 Å². The lowest BCUT2D eigenvalue weighted by Gasteiger charge is -2.29. The minimum absolute atomic E-state index is 0.689. The smallest absolute Gasteiger partial charge is 0.00770 e. The van der Waals surface area contributed by atoms with Gasteiger partial charge >= 0.3 is 0 Å². The fourth-order valence-electron chi connectivity index (χ4n) is 2.08. The maximum Gasteiger partial charge on any atom is 0.00770 e. The van der Waals surface area contributed by atoms with Crippen molar-refractivity contribution in [2.24, 2.45) is 11.5 Å². The van der Waals surface area contributed by atoms with Crippen molar-refractivity contribution in [2.75, 3.05) is 26.2 Å². The van der Waals surface area contributed by atoms with Crippen LogP contribution in [-0.2, 0) is 0 Å². The van der Waals surface area contributed by atoms with Gasteiger partial charge in [-0.2, -0.15) is 0 Å². The lowest BCUT2D eigenvalue weighted by atomic mass is 9.91. The molecule has 0 aromatic rings. The molecule has 0 spiro atoms. The minimum Gasteiger partial charge on any atom is -0.329 e. The largest absolute Gasteiger partial charge is 0.329 e. The van der Waals surface area contributed by atoms with Crippen molar-refractivity contribution in [2.45, 2.75) is 37.8 Å². The number of hydrogen-bond acceptors (Lipinski definition) is 4. The molecule has 0 aromatic heterocycles. The molecule has 1 saturated carbocycles. The molecule has 0 aliphatic heterocycles. The Bertz CT molecular complexity index is 116. The molecule has 0 amide bonds. The molecule has 1 aliphatic carbocycles. The molecule has 0 radical (unpaired) electrons. The molecule has 84 valence electrons. The first-order valence-electron chi connectivity index (χ1n) is 5.73. The van der Waals surface area contributed by atoms with Crippen LogP contribution < -0.4 is 22.1 Å². The molecule has 1 aliphatic rings. The second kappa shape index (κ2) is 7.17. The van der Waals surface area contributed by atoms with E-state index in [0.29, 0.717) is 12.1 Å². The van der Waals surface area contributed by atoms with Gasteiger partial charge in [0.15, 0.2) is 0 Å². The summed E-state index contributed by atoms with van der Waals surface area (Å²) in [6.45, 7) is 3.38. The summed E-state index contributed by atoms with van der Waals surface area (Å²) >= 11 is 0. The first kappa shape index (κ1) is 11.9. The molecule has 14 heavy (non-hydrogen) atoms. The van der Waals surface area contributed by atoms with Crippen LogP contribution >= 0.6 is 0 Å². The third-order valence-electron chi connectivity index (χ3n) is 2.88.